The SMILES string of the molecule is CC(C)[C@@H]1CN(c2cc(N)nc(N)n2)C[C@H]1NS(=O)(=O)N(C)C. The van der Waals surface area contributed by atoms with Gasteiger partial charge >= 0.3 is 0 Å². The highest BCUT2D eigenvalue weighted by Crippen LogP contribution is 2.29. The largest absolute Gasteiger partial charge is 0.383 e. The molecule has 1 aliphatic heterocycles. The van der Waals surface area contributed by atoms with Gasteiger partial charge in [-0.15, -0.1) is 0 Å². The molecule has 2 heterocycles. The van der Waals surface area contributed by atoms with E-state index < -0.39 is 10.2 Å². The molecule has 1 aromatic heterocycles. The summed E-state index contributed by atoms with van der Waals surface area (Å²) < 4.78 is 28.2. The van der Waals surface area contributed by atoms with Crippen LogP contribution in [0.2, 0.25) is 0 Å². The van der Waals surface area contributed by atoms with Crippen molar-refractivity contribution in [3.8, 4) is 0 Å². The summed E-state index contributed by atoms with van der Waals surface area (Å²) in [4.78, 5) is 10.0. The maximum atomic E-state index is 12.1. The fourth-order valence-corrected chi connectivity index (χ4v) is 3.59. The molecule has 1 saturated heterocycles. The van der Waals surface area contributed by atoms with Gasteiger partial charge in [-0.1, -0.05) is 13.8 Å². The van der Waals surface area contributed by atoms with E-state index in [1.54, 1.807) is 6.07 Å². The minimum atomic E-state index is -3.50. The van der Waals surface area contributed by atoms with E-state index in [-0.39, 0.29) is 17.9 Å². The van der Waals surface area contributed by atoms with Gasteiger partial charge in [0.15, 0.2) is 0 Å². The van der Waals surface area contributed by atoms with Crippen LogP contribution in [0.1, 0.15) is 13.8 Å². The number of hydrogen-bond donors (Lipinski definition) is 3. The third-order valence-corrected chi connectivity index (χ3v) is 5.64. The van der Waals surface area contributed by atoms with Crippen LogP contribution in [-0.2, 0) is 10.2 Å². The van der Waals surface area contributed by atoms with Crippen LogP contribution < -0.4 is 21.1 Å². The van der Waals surface area contributed by atoms with E-state index in [1.807, 2.05) is 4.90 Å². The van der Waals surface area contributed by atoms with E-state index in [1.165, 1.54) is 18.4 Å². The van der Waals surface area contributed by atoms with Crippen molar-refractivity contribution in [2.75, 3.05) is 43.6 Å². The Kier molecular flexibility index (Phi) is 4.97. The first-order chi connectivity index (χ1) is 10.6. The highest BCUT2D eigenvalue weighted by molar-refractivity contribution is 7.87. The number of anilines is 3. The normalized spacial score (nSPS) is 22.3. The van der Waals surface area contributed by atoms with Gasteiger partial charge in [0.2, 0.25) is 5.95 Å². The van der Waals surface area contributed by atoms with Crippen LogP contribution in [0.15, 0.2) is 6.07 Å². The van der Waals surface area contributed by atoms with Gasteiger partial charge in [-0.05, 0) is 11.8 Å². The predicted octanol–water partition coefficient (Wildman–Crippen LogP) is -0.502. The second kappa shape index (κ2) is 6.46. The average molecular weight is 343 g/mol. The van der Waals surface area contributed by atoms with E-state index in [0.717, 1.165) is 0 Å². The quantitative estimate of drug-likeness (QED) is 0.657. The molecule has 0 saturated carbocycles. The van der Waals surface area contributed by atoms with Gasteiger partial charge in [0.25, 0.3) is 10.2 Å². The highest BCUT2D eigenvalue weighted by atomic mass is 32.2. The zero-order chi connectivity index (χ0) is 17.4. The Morgan fingerprint density at radius 1 is 1.30 bits per heavy atom. The molecule has 0 aromatic carbocycles. The van der Waals surface area contributed by atoms with Gasteiger partial charge in [-0.3, -0.25) is 0 Å². The van der Waals surface area contributed by atoms with Crippen LogP contribution in [0.5, 0.6) is 0 Å². The molecule has 0 spiro atoms. The van der Waals surface area contributed by atoms with Crippen molar-refractivity contribution in [1.82, 2.24) is 19.0 Å². The topological polar surface area (TPSA) is 130 Å². The Bertz CT molecular complexity index is 642. The lowest BCUT2D eigenvalue weighted by atomic mass is 9.92. The molecular formula is C13H25N7O2S. The molecule has 130 valence electrons. The summed E-state index contributed by atoms with van der Waals surface area (Å²) in [7, 11) is -0.485. The summed E-state index contributed by atoms with van der Waals surface area (Å²) >= 11 is 0. The van der Waals surface area contributed by atoms with Crippen molar-refractivity contribution in [3.63, 3.8) is 0 Å². The first-order valence-electron chi connectivity index (χ1n) is 7.45. The minimum absolute atomic E-state index is 0.110. The maximum absolute atomic E-state index is 12.1. The molecule has 0 aliphatic carbocycles. The number of nitrogen functional groups attached to an aromatic ring is 2. The molecule has 0 amide bonds. The molecule has 9 nitrogen and oxygen atoms in total. The summed E-state index contributed by atoms with van der Waals surface area (Å²) in [5.41, 5.74) is 11.4. The standard InChI is InChI=1S/C13H25N7O2S/c1-8(2)9-6-20(12-5-11(14)16-13(15)17-12)7-10(9)18-23(21,22)19(3)4/h5,8-10,18H,6-7H2,1-4H3,(H4,14,15,16,17)/t9-,10+/m0/s1. The maximum Gasteiger partial charge on any atom is 0.279 e. The Hall–Kier alpha value is -1.65. The lowest BCUT2D eigenvalue weighted by molar-refractivity contribution is 0.358. The molecule has 0 unspecified atom stereocenters. The lowest BCUT2D eigenvalue weighted by Crippen LogP contribution is -2.46. The van der Waals surface area contributed by atoms with Crippen LogP contribution in [-0.4, -0.2) is 55.9 Å². The molecule has 2 rings (SSSR count). The molecule has 0 radical (unpaired) electrons. The molecule has 23 heavy (non-hydrogen) atoms. The molecule has 5 N–H and O–H groups in total. The van der Waals surface area contributed by atoms with Gasteiger partial charge in [0.05, 0.1) is 0 Å². The first kappa shape index (κ1) is 17.7. The minimum Gasteiger partial charge on any atom is -0.383 e. The smallest absolute Gasteiger partial charge is 0.279 e. The number of nitrogens with one attached hydrogen (secondary N) is 1. The van der Waals surface area contributed by atoms with Crippen molar-refractivity contribution < 1.29 is 8.42 Å². The van der Waals surface area contributed by atoms with E-state index >= 15 is 0 Å². The van der Waals surface area contributed by atoms with Crippen molar-refractivity contribution in [2.24, 2.45) is 11.8 Å². The second-order valence-corrected chi connectivity index (χ2v) is 8.25. The molecule has 10 heteroatoms. The molecule has 1 fully saturated rings. The lowest BCUT2D eigenvalue weighted by Gasteiger charge is -2.24. The van der Waals surface area contributed by atoms with Crippen LogP contribution >= 0.6 is 0 Å². The van der Waals surface area contributed by atoms with Crippen LogP contribution in [0.25, 0.3) is 0 Å². The van der Waals surface area contributed by atoms with Gasteiger partial charge < -0.3 is 16.4 Å². The molecule has 0 bridgehead atoms. The number of hydrogen-bond acceptors (Lipinski definition) is 7. The Morgan fingerprint density at radius 3 is 2.48 bits per heavy atom. The summed E-state index contributed by atoms with van der Waals surface area (Å²) in [6.07, 6.45) is 0. The Balaban J connectivity index is 2.24. The highest BCUT2D eigenvalue weighted by Gasteiger charge is 2.38. The van der Waals surface area contributed by atoms with E-state index in [2.05, 4.69) is 28.5 Å². The molecule has 1 aliphatic rings. The van der Waals surface area contributed by atoms with Crippen LogP contribution in [0, 0.1) is 11.8 Å². The van der Waals surface area contributed by atoms with Crippen LogP contribution in [0.4, 0.5) is 17.6 Å². The van der Waals surface area contributed by atoms with Crippen LogP contribution in [0.3, 0.4) is 0 Å². The van der Waals surface area contributed by atoms with E-state index in [0.29, 0.717) is 30.6 Å². The molecular weight excluding hydrogens is 318 g/mol. The number of aromatic nitrogens is 2. The molecule has 2 atom stereocenters. The van der Waals surface area contributed by atoms with Gasteiger partial charge in [-0.25, -0.2) is 0 Å². The summed E-state index contributed by atoms with van der Waals surface area (Å²) in [5, 5.41) is 0. The monoisotopic (exact) mass is 343 g/mol. The average Bonchev–Trinajstić information content (AvgIpc) is 2.80. The van der Waals surface area contributed by atoms with Gasteiger partial charge in [0, 0.05) is 39.3 Å². The number of nitrogens with two attached hydrogens (primary N) is 2. The zero-order valence-corrected chi connectivity index (χ0v) is 14.7. The Labute approximate surface area is 137 Å². The second-order valence-electron chi connectivity index (χ2n) is 6.33. The predicted molar refractivity (Wildman–Crippen MR) is 90.9 cm³/mol. The first-order valence-corrected chi connectivity index (χ1v) is 8.89. The third-order valence-electron chi connectivity index (χ3n) is 4.08. The number of rotatable bonds is 5. The van der Waals surface area contributed by atoms with Crippen molar-refractivity contribution in [2.45, 2.75) is 19.9 Å². The van der Waals surface area contributed by atoms with Crippen molar-refractivity contribution in [3.05, 3.63) is 6.07 Å². The summed E-state index contributed by atoms with van der Waals surface area (Å²) in [6.45, 7) is 5.33. The third kappa shape index (κ3) is 4.01. The molecule has 1 aromatic rings. The van der Waals surface area contributed by atoms with Gasteiger partial charge in [-0.2, -0.15) is 27.4 Å². The van der Waals surface area contributed by atoms with Gasteiger partial charge in [0.1, 0.15) is 11.6 Å². The van der Waals surface area contributed by atoms with Crippen molar-refractivity contribution in [1.29, 1.82) is 0 Å². The zero-order valence-electron chi connectivity index (χ0n) is 13.9. The van der Waals surface area contributed by atoms with E-state index in [4.69, 9.17) is 11.5 Å². The summed E-state index contributed by atoms with van der Waals surface area (Å²) in [5.74, 6) is 1.49. The van der Waals surface area contributed by atoms with E-state index in [9.17, 15) is 8.42 Å². The summed E-state index contributed by atoms with van der Waals surface area (Å²) in [6, 6.07) is 1.44. The fraction of sp³-hybridized carbons (Fsp3) is 0.692. The fourth-order valence-electron chi connectivity index (χ4n) is 2.75. The Morgan fingerprint density at radius 2 is 1.96 bits per heavy atom. The number of nitrogens with zero attached hydrogens (tertiary/aromatic N) is 4. The van der Waals surface area contributed by atoms with Crippen molar-refractivity contribution >= 4 is 27.8 Å².